The largest absolute Gasteiger partial charge is 0.508 e. The molecule has 0 aromatic heterocycles. The molecule has 5 heteroatoms. The number of phenols is 2. The van der Waals surface area contributed by atoms with E-state index in [1.165, 1.54) is 18.2 Å². The fraction of sp³-hybridized carbons (Fsp3) is 0.500. The molecule has 1 atom stereocenters. The summed E-state index contributed by atoms with van der Waals surface area (Å²) in [4.78, 5) is 12.1. The Hall–Kier alpha value is -1.75. The summed E-state index contributed by atoms with van der Waals surface area (Å²) in [7, 11) is 0. The van der Waals surface area contributed by atoms with Crippen LogP contribution in [-0.4, -0.2) is 28.2 Å². The molecular weight excluding hydrogens is 244 g/mol. The van der Waals surface area contributed by atoms with Crippen LogP contribution in [0.3, 0.4) is 0 Å². The van der Waals surface area contributed by atoms with Gasteiger partial charge >= 0.3 is 0 Å². The van der Waals surface area contributed by atoms with Crippen molar-refractivity contribution in [2.24, 2.45) is 11.7 Å². The fourth-order valence-corrected chi connectivity index (χ4v) is 2.13. The first-order valence-corrected chi connectivity index (χ1v) is 6.32. The number of phenolic OH excluding ortho intramolecular Hbond substituents is 2. The van der Waals surface area contributed by atoms with Crippen LogP contribution >= 0.6 is 0 Å². The summed E-state index contributed by atoms with van der Waals surface area (Å²) < 4.78 is 0. The predicted molar refractivity (Wildman–Crippen MR) is 74.2 cm³/mol. The molecule has 19 heavy (non-hydrogen) atoms. The molecule has 0 radical (unpaired) electrons. The molecule has 0 aliphatic carbocycles. The Bertz CT molecular complexity index is 460. The lowest BCUT2D eigenvalue weighted by Gasteiger charge is -2.31. The fourth-order valence-electron chi connectivity index (χ4n) is 2.13. The average molecular weight is 266 g/mol. The van der Waals surface area contributed by atoms with Gasteiger partial charge in [0, 0.05) is 12.1 Å². The molecule has 0 aliphatic heterocycles. The summed E-state index contributed by atoms with van der Waals surface area (Å²) in [5.74, 6) is -0.297. The van der Waals surface area contributed by atoms with E-state index in [9.17, 15) is 15.0 Å². The van der Waals surface area contributed by atoms with Gasteiger partial charge in [0.2, 0.25) is 0 Å². The topological polar surface area (TPSA) is 95.6 Å². The molecule has 1 amide bonds. The van der Waals surface area contributed by atoms with Gasteiger partial charge in [0.15, 0.2) is 0 Å². The molecule has 1 aromatic carbocycles. The third kappa shape index (κ3) is 4.13. The average Bonchev–Trinajstić information content (AvgIpc) is 2.31. The number of carbonyl (C=O) groups is 1. The van der Waals surface area contributed by atoms with Gasteiger partial charge in [0.05, 0.1) is 5.56 Å². The zero-order chi connectivity index (χ0) is 14.6. The molecular formula is C14H22N2O3. The number of hydrogen-bond donors (Lipinski definition) is 4. The minimum absolute atomic E-state index is 0.0448. The quantitative estimate of drug-likeness (QED) is 0.609. The molecule has 0 saturated heterocycles. The van der Waals surface area contributed by atoms with Crippen LogP contribution in [0.2, 0.25) is 0 Å². The molecule has 0 heterocycles. The molecule has 5 N–H and O–H groups in total. The van der Waals surface area contributed by atoms with Crippen LogP contribution in [0.1, 0.15) is 37.6 Å². The molecule has 0 fully saturated rings. The van der Waals surface area contributed by atoms with E-state index in [1.54, 1.807) is 0 Å². The minimum Gasteiger partial charge on any atom is -0.508 e. The van der Waals surface area contributed by atoms with Gasteiger partial charge in [-0.2, -0.15) is 0 Å². The van der Waals surface area contributed by atoms with Crippen molar-refractivity contribution in [1.29, 1.82) is 0 Å². The van der Waals surface area contributed by atoms with Crippen molar-refractivity contribution >= 4 is 5.91 Å². The zero-order valence-corrected chi connectivity index (χ0v) is 11.6. The van der Waals surface area contributed by atoms with Crippen molar-refractivity contribution in [1.82, 2.24) is 5.32 Å². The summed E-state index contributed by atoms with van der Waals surface area (Å²) >= 11 is 0. The summed E-state index contributed by atoms with van der Waals surface area (Å²) in [5, 5.41) is 21.8. The SMILES string of the molecule is CC(C)CC(C)(CN)NC(=O)c1cc(O)ccc1O. The van der Waals surface area contributed by atoms with Crippen molar-refractivity contribution in [3.8, 4) is 11.5 Å². The second-order valence-corrected chi connectivity index (χ2v) is 5.52. The highest BCUT2D eigenvalue weighted by molar-refractivity contribution is 5.97. The summed E-state index contributed by atoms with van der Waals surface area (Å²) in [6.45, 7) is 6.26. The van der Waals surface area contributed by atoms with Crippen LogP contribution in [0.5, 0.6) is 11.5 Å². The number of nitrogens with two attached hydrogens (primary N) is 1. The second-order valence-electron chi connectivity index (χ2n) is 5.52. The van der Waals surface area contributed by atoms with E-state index < -0.39 is 11.4 Å². The zero-order valence-electron chi connectivity index (χ0n) is 11.6. The standard InChI is InChI=1S/C14H22N2O3/c1-9(2)7-14(3,8-15)16-13(19)11-6-10(17)4-5-12(11)18/h4-6,9,17-18H,7-8,15H2,1-3H3,(H,16,19). The number of nitrogens with one attached hydrogen (secondary N) is 1. The Morgan fingerprint density at radius 1 is 1.42 bits per heavy atom. The summed E-state index contributed by atoms with van der Waals surface area (Å²) in [6, 6.07) is 3.84. The maximum absolute atomic E-state index is 12.1. The number of carbonyl (C=O) groups excluding carboxylic acids is 1. The normalized spacial score (nSPS) is 14.2. The third-order valence-corrected chi connectivity index (χ3v) is 2.95. The second kappa shape index (κ2) is 5.93. The van der Waals surface area contributed by atoms with E-state index in [1.807, 2.05) is 20.8 Å². The highest BCUT2D eigenvalue weighted by Crippen LogP contribution is 2.23. The van der Waals surface area contributed by atoms with Crippen LogP contribution in [0.25, 0.3) is 0 Å². The van der Waals surface area contributed by atoms with E-state index in [0.29, 0.717) is 12.5 Å². The predicted octanol–water partition coefficient (Wildman–Crippen LogP) is 1.59. The van der Waals surface area contributed by atoms with Crippen molar-refractivity contribution < 1.29 is 15.0 Å². The molecule has 1 aromatic rings. The number of benzene rings is 1. The van der Waals surface area contributed by atoms with Crippen LogP contribution in [0.15, 0.2) is 18.2 Å². The monoisotopic (exact) mass is 266 g/mol. The maximum atomic E-state index is 12.1. The lowest BCUT2D eigenvalue weighted by Crippen LogP contribution is -2.52. The summed E-state index contributed by atoms with van der Waals surface area (Å²) in [5.41, 5.74) is 5.23. The van der Waals surface area contributed by atoms with Gasteiger partial charge in [-0.15, -0.1) is 0 Å². The van der Waals surface area contributed by atoms with Crippen molar-refractivity contribution in [3.63, 3.8) is 0 Å². The first kappa shape index (κ1) is 15.3. The van der Waals surface area contributed by atoms with E-state index in [2.05, 4.69) is 5.32 Å². The number of rotatable bonds is 5. The lowest BCUT2D eigenvalue weighted by molar-refractivity contribution is 0.0895. The smallest absolute Gasteiger partial charge is 0.255 e. The molecule has 106 valence electrons. The van der Waals surface area contributed by atoms with Crippen molar-refractivity contribution in [2.75, 3.05) is 6.54 Å². The van der Waals surface area contributed by atoms with Gasteiger partial charge in [-0.1, -0.05) is 13.8 Å². The number of amides is 1. The molecule has 1 unspecified atom stereocenters. The van der Waals surface area contributed by atoms with Crippen LogP contribution in [0, 0.1) is 5.92 Å². The van der Waals surface area contributed by atoms with E-state index >= 15 is 0 Å². The Labute approximate surface area is 113 Å². The Kier molecular flexibility index (Phi) is 4.78. The minimum atomic E-state index is -0.539. The maximum Gasteiger partial charge on any atom is 0.255 e. The van der Waals surface area contributed by atoms with Crippen LogP contribution in [0.4, 0.5) is 0 Å². The van der Waals surface area contributed by atoms with E-state index in [4.69, 9.17) is 5.73 Å². The van der Waals surface area contributed by atoms with E-state index in [0.717, 1.165) is 6.42 Å². The molecule has 0 spiro atoms. The van der Waals surface area contributed by atoms with Crippen LogP contribution < -0.4 is 11.1 Å². The van der Waals surface area contributed by atoms with Gasteiger partial charge in [0.1, 0.15) is 11.5 Å². The molecule has 1 rings (SSSR count). The lowest BCUT2D eigenvalue weighted by atomic mass is 9.90. The van der Waals surface area contributed by atoms with Gasteiger partial charge in [0.25, 0.3) is 5.91 Å². The highest BCUT2D eigenvalue weighted by Gasteiger charge is 2.27. The third-order valence-electron chi connectivity index (χ3n) is 2.95. The molecule has 0 bridgehead atoms. The molecule has 0 aliphatic rings. The highest BCUT2D eigenvalue weighted by atomic mass is 16.3. The molecule has 5 nitrogen and oxygen atoms in total. The first-order valence-electron chi connectivity index (χ1n) is 6.32. The number of aromatic hydroxyl groups is 2. The van der Waals surface area contributed by atoms with Gasteiger partial charge in [-0.3, -0.25) is 4.79 Å². The Balaban J connectivity index is 2.91. The van der Waals surface area contributed by atoms with Crippen molar-refractivity contribution in [3.05, 3.63) is 23.8 Å². The Morgan fingerprint density at radius 2 is 2.05 bits per heavy atom. The van der Waals surface area contributed by atoms with Gasteiger partial charge in [-0.25, -0.2) is 0 Å². The van der Waals surface area contributed by atoms with Gasteiger partial charge < -0.3 is 21.3 Å². The Morgan fingerprint density at radius 3 is 2.58 bits per heavy atom. The van der Waals surface area contributed by atoms with Crippen molar-refractivity contribution in [2.45, 2.75) is 32.7 Å². The molecule has 0 saturated carbocycles. The van der Waals surface area contributed by atoms with Gasteiger partial charge in [-0.05, 0) is 37.5 Å². The first-order chi connectivity index (χ1) is 8.77. The number of hydrogen-bond acceptors (Lipinski definition) is 4. The summed E-state index contributed by atoms with van der Waals surface area (Å²) in [6.07, 6.45) is 0.731. The van der Waals surface area contributed by atoms with E-state index in [-0.39, 0.29) is 17.1 Å². The van der Waals surface area contributed by atoms with Crippen LogP contribution in [-0.2, 0) is 0 Å².